The van der Waals surface area contributed by atoms with Crippen molar-refractivity contribution in [3.05, 3.63) is 163 Å². The van der Waals surface area contributed by atoms with Crippen LogP contribution in [0.4, 0.5) is 0 Å². The molecule has 0 bridgehead atoms. The van der Waals surface area contributed by atoms with E-state index >= 15 is 0 Å². The van der Waals surface area contributed by atoms with Crippen LogP contribution < -0.4 is 4.74 Å². The van der Waals surface area contributed by atoms with Gasteiger partial charge in [0.2, 0.25) is 0 Å². The van der Waals surface area contributed by atoms with Gasteiger partial charge in [-0.1, -0.05) is 91.0 Å². The van der Waals surface area contributed by atoms with Crippen LogP contribution in [-0.2, 0) is 6.61 Å². The average Bonchev–Trinajstić information content (AvgIpc) is 3.64. The highest BCUT2D eigenvalue weighted by Crippen LogP contribution is 2.41. The van der Waals surface area contributed by atoms with Crippen LogP contribution in [0.15, 0.2) is 158 Å². The van der Waals surface area contributed by atoms with Gasteiger partial charge in [0.05, 0.1) is 22.1 Å². The second kappa shape index (κ2) is 9.72. The lowest BCUT2D eigenvalue weighted by atomic mass is 9.96. The van der Waals surface area contributed by atoms with Crippen LogP contribution >= 0.6 is 0 Å². The van der Waals surface area contributed by atoms with Crippen LogP contribution in [0.25, 0.3) is 77.2 Å². The average molecular weight is 589 g/mol. The molecule has 216 valence electrons. The zero-order valence-corrected chi connectivity index (χ0v) is 25.0. The number of hydrogen-bond donors (Lipinski definition) is 0. The van der Waals surface area contributed by atoms with Crippen LogP contribution in [0.3, 0.4) is 0 Å². The van der Waals surface area contributed by atoms with Gasteiger partial charge >= 0.3 is 0 Å². The Morgan fingerprint density at radius 1 is 0.391 bits per heavy atom. The largest absolute Gasteiger partial charge is 0.488 e. The summed E-state index contributed by atoms with van der Waals surface area (Å²) in [6, 6.07) is 57.1. The van der Waals surface area contributed by atoms with Gasteiger partial charge < -0.3 is 13.9 Å². The Bertz CT molecular complexity index is 2640. The Balaban J connectivity index is 1.16. The van der Waals surface area contributed by atoms with Crippen molar-refractivity contribution in [2.75, 3.05) is 0 Å². The normalized spacial score (nSPS) is 12.4. The van der Waals surface area contributed by atoms with Crippen molar-refractivity contribution in [2.45, 2.75) is 6.61 Å². The summed E-state index contributed by atoms with van der Waals surface area (Å²) < 4.78 is 10.8. The monoisotopic (exact) mass is 588 g/mol. The summed E-state index contributed by atoms with van der Waals surface area (Å²) in [5.74, 6) is 0.947. The molecule has 0 radical (unpaired) electrons. The summed E-state index contributed by atoms with van der Waals surface area (Å²) >= 11 is 0. The summed E-state index contributed by atoms with van der Waals surface area (Å²) in [5, 5.41) is 5.03. The molecule has 3 heteroatoms. The predicted octanol–water partition coefficient (Wildman–Crippen LogP) is 11.1. The second-order valence-corrected chi connectivity index (χ2v) is 12.1. The standard InChI is InChI=1S/C43H28N2O/c1-2-10-31(11-3-1)44-39-15-7-4-12-33(39)37-24-28(19-22-41(37)44)29-20-23-42-38(25-29)34-13-5-8-16-40(34)45(42)32-21-18-30-27-46-43-17-9-6-14-35(43)36(30)26-32/h1-26H,27H2. The van der Waals surface area contributed by atoms with E-state index in [0.29, 0.717) is 6.61 Å². The minimum atomic E-state index is 0.595. The Morgan fingerprint density at radius 3 is 1.65 bits per heavy atom. The Kier molecular flexibility index (Phi) is 5.34. The highest BCUT2D eigenvalue weighted by Gasteiger charge is 2.20. The number of benzene rings is 7. The van der Waals surface area contributed by atoms with Crippen LogP contribution in [0, 0.1) is 0 Å². The van der Waals surface area contributed by atoms with Gasteiger partial charge in [0, 0.05) is 38.5 Å². The van der Waals surface area contributed by atoms with Crippen molar-refractivity contribution in [3.8, 4) is 39.4 Å². The summed E-state index contributed by atoms with van der Waals surface area (Å²) in [6.07, 6.45) is 0. The molecule has 2 aromatic heterocycles. The van der Waals surface area contributed by atoms with Gasteiger partial charge in [0.15, 0.2) is 0 Å². The first-order chi connectivity index (χ1) is 22.8. The highest BCUT2D eigenvalue weighted by atomic mass is 16.5. The molecule has 7 aromatic carbocycles. The maximum atomic E-state index is 6.04. The highest BCUT2D eigenvalue weighted by molar-refractivity contribution is 6.12. The maximum absolute atomic E-state index is 6.04. The molecule has 0 saturated heterocycles. The zero-order valence-electron chi connectivity index (χ0n) is 25.0. The fourth-order valence-electron chi connectivity index (χ4n) is 7.49. The van der Waals surface area contributed by atoms with E-state index in [1.54, 1.807) is 0 Å². The van der Waals surface area contributed by atoms with Crippen LogP contribution in [0.5, 0.6) is 5.75 Å². The molecule has 0 aliphatic carbocycles. The molecule has 0 unspecified atom stereocenters. The molecule has 1 aliphatic rings. The van der Waals surface area contributed by atoms with E-state index in [1.807, 2.05) is 6.07 Å². The molecule has 0 saturated carbocycles. The van der Waals surface area contributed by atoms with E-state index in [0.717, 1.165) is 17.0 Å². The first-order valence-electron chi connectivity index (χ1n) is 15.8. The molecule has 3 heterocycles. The fraction of sp³-hybridized carbons (Fsp3) is 0.0233. The lowest BCUT2D eigenvalue weighted by Gasteiger charge is -2.22. The van der Waals surface area contributed by atoms with Gasteiger partial charge in [0.25, 0.3) is 0 Å². The minimum absolute atomic E-state index is 0.595. The molecule has 10 rings (SSSR count). The third kappa shape index (κ3) is 3.66. The third-order valence-electron chi connectivity index (χ3n) is 9.60. The van der Waals surface area contributed by atoms with E-state index in [-0.39, 0.29) is 0 Å². The van der Waals surface area contributed by atoms with Gasteiger partial charge in [-0.05, 0) is 89.0 Å². The minimum Gasteiger partial charge on any atom is -0.488 e. The van der Waals surface area contributed by atoms with Crippen molar-refractivity contribution in [1.29, 1.82) is 0 Å². The lowest BCUT2D eigenvalue weighted by molar-refractivity contribution is 0.302. The quantitative estimate of drug-likeness (QED) is 0.201. The first-order valence-corrected chi connectivity index (χ1v) is 15.8. The summed E-state index contributed by atoms with van der Waals surface area (Å²) in [4.78, 5) is 0. The lowest BCUT2D eigenvalue weighted by Crippen LogP contribution is -2.06. The zero-order chi connectivity index (χ0) is 30.2. The molecule has 0 spiro atoms. The van der Waals surface area contributed by atoms with Crippen molar-refractivity contribution in [1.82, 2.24) is 9.13 Å². The number of fused-ring (bicyclic) bond motifs is 9. The van der Waals surface area contributed by atoms with Gasteiger partial charge in [-0.2, -0.15) is 0 Å². The molecule has 3 nitrogen and oxygen atoms in total. The number of hydrogen-bond acceptors (Lipinski definition) is 1. The fourth-order valence-corrected chi connectivity index (χ4v) is 7.49. The number of para-hydroxylation sites is 4. The summed E-state index contributed by atoms with van der Waals surface area (Å²) in [6.45, 7) is 0.595. The number of ether oxygens (including phenoxy) is 1. The number of aromatic nitrogens is 2. The van der Waals surface area contributed by atoms with Crippen LogP contribution in [-0.4, -0.2) is 9.13 Å². The third-order valence-corrected chi connectivity index (χ3v) is 9.60. The van der Waals surface area contributed by atoms with Gasteiger partial charge in [-0.25, -0.2) is 0 Å². The molecule has 0 fully saturated rings. The van der Waals surface area contributed by atoms with E-state index in [1.165, 1.54) is 71.6 Å². The van der Waals surface area contributed by atoms with E-state index in [2.05, 4.69) is 161 Å². The Labute approximate surface area is 266 Å². The Hall–Kier alpha value is -6.06. The molecule has 0 atom stereocenters. The molecule has 46 heavy (non-hydrogen) atoms. The van der Waals surface area contributed by atoms with Crippen molar-refractivity contribution < 1.29 is 4.74 Å². The molecular formula is C43H28N2O. The summed E-state index contributed by atoms with van der Waals surface area (Å²) in [5.41, 5.74) is 13.2. The number of nitrogens with zero attached hydrogens (tertiary/aromatic N) is 2. The predicted molar refractivity (Wildman–Crippen MR) is 190 cm³/mol. The summed E-state index contributed by atoms with van der Waals surface area (Å²) in [7, 11) is 0. The van der Waals surface area contributed by atoms with Crippen LogP contribution in [0.2, 0.25) is 0 Å². The Morgan fingerprint density at radius 2 is 0.957 bits per heavy atom. The van der Waals surface area contributed by atoms with E-state index < -0.39 is 0 Å². The molecule has 0 N–H and O–H groups in total. The molecule has 1 aliphatic heterocycles. The number of rotatable bonds is 3. The van der Waals surface area contributed by atoms with Crippen molar-refractivity contribution in [2.24, 2.45) is 0 Å². The molecular weight excluding hydrogens is 560 g/mol. The second-order valence-electron chi connectivity index (χ2n) is 12.1. The van der Waals surface area contributed by atoms with E-state index in [9.17, 15) is 0 Å². The first kappa shape index (κ1) is 25.3. The molecule has 9 aromatic rings. The SMILES string of the molecule is c1ccc(-n2c3ccccc3c3cc(-c4ccc5c(c4)c4ccccc4n5-c4ccc5c(c4)-c4ccccc4OC5)ccc32)cc1. The van der Waals surface area contributed by atoms with Gasteiger partial charge in [-0.15, -0.1) is 0 Å². The van der Waals surface area contributed by atoms with Crippen LogP contribution in [0.1, 0.15) is 5.56 Å². The molecule has 0 amide bonds. The van der Waals surface area contributed by atoms with Crippen molar-refractivity contribution in [3.63, 3.8) is 0 Å². The topological polar surface area (TPSA) is 19.1 Å². The van der Waals surface area contributed by atoms with E-state index in [4.69, 9.17) is 4.74 Å². The smallest absolute Gasteiger partial charge is 0.127 e. The van der Waals surface area contributed by atoms with Gasteiger partial charge in [-0.3, -0.25) is 0 Å². The van der Waals surface area contributed by atoms with Gasteiger partial charge in [0.1, 0.15) is 12.4 Å². The van der Waals surface area contributed by atoms with Crippen molar-refractivity contribution >= 4 is 43.6 Å². The maximum Gasteiger partial charge on any atom is 0.127 e.